The van der Waals surface area contributed by atoms with E-state index in [9.17, 15) is 4.79 Å². The molecule has 3 rings (SSSR count). The van der Waals surface area contributed by atoms with Crippen LogP contribution < -0.4 is 5.56 Å². The fraction of sp³-hybridized carbons (Fsp3) is 0.538. The molecule has 0 unspecified atom stereocenters. The Kier molecular flexibility index (Phi) is 2.00. The molecule has 0 aromatic carbocycles. The van der Waals surface area contributed by atoms with Gasteiger partial charge in [-0.05, 0) is 19.3 Å². The normalized spacial score (nSPS) is 15.5. The molecule has 0 bridgehead atoms. The number of aromatic nitrogens is 3. The Balaban J connectivity index is 2.32. The Labute approximate surface area is 99.7 Å². The molecular formula is C13H17N3O. The first kappa shape index (κ1) is 10.6. The highest BCUT2D eigenvalue weighted by Crippen LogP contribution is 2.22. The van der Waals surface area contributed by atoms with Crippen molar-refractivity contribution in [3.8, 4) is 0 Å². The number of hydrogen-bond donors (Lipinski definition) is 1. The number of H-pyrrole nitrogens is 1. The summed E-state index contributed by atoms with van der Waals surface area (Å²) in [5.41, 5.74) is 3.77. The van der Waals surface area contributed by atoms with Crippen LogP contribution in [0.1, 0.15) is 44.1 Å². The van der Waals surface area contributed by atoms with Crippen LogP contribution >= 0.6 is 0 Å². The lowest BCUT2D eigenvalue weighted by Gasteiger charge is -2.14. The third kappa shape index (κ3) is 1.51. The summed E-state index contributed by atoms with van der Waals surface area (Å²) in [5, 5.41) is 3.18. The maximum atomic E-state index is 12.3. The number of aryl methyl sites for hydroxylation is 1. The maximum Gasteiger partial charge on any atom is 0.276 e. The average Bonchev–Trinajstić information content (AvgIpc) is 2.82. The predicted molar refractivity (Wildman–Crippen MR) is 66.5 cm³/mol. The smallest absolute Gasteiger partial charge is 0.276 e. The van der Waals surface area contributed by atoms with Crippen LogP contribution in [0.25, 0.3) is 5.65 Å². The Morgan fingerprint density at radius 2 is 2.12 bits per heavy atom. The van der Waals surface area contributed by atoms with Gasteiger partial charge in [0.15, 0.2) is 5.65 Å². The second-order valence-electron chi connectivity index (χ2n) is 5.81. The van der Waals surface area contributed by atoms with Crippen LogP contribution in [-0.4, -0.2) is 14.6 Å². The van der Waals surface area contributed by atoms with Gasteiger partial charge in [-0.15, -0.1) is 0 Å². The van der Waals surface area contributed by atoms with Gasteiger partial charge in [0, 0.05) is 22.7 Å². The minimum Gasteiger partial charge on any atom is -0.293 e. The van der Waals surface area contributed by atoms with Crippen LogP contribution in [0.15, 0.2) is 10.9 Å². The number of rotatable bonds is 0. The van der Waals surface area contributed by atoms with E-state index in [2.05, 4.69) is 30.9 Å². The van der Waals surface area contributed by atoms with Crippen molar-refractivity contribution in [3.05, 3.63) is 33.4 Å². The van der Waals surface area contributed by atoms with Crippen LogP contribution in [0.5, 0.6) is 0 Å². The van der Waals surface area contributed by atoms with Gasteiger partial charge in [-0.2, -0.15) is 0 Å². The third-order valence-electron chi connectivity index (χ3n) is 3.44. The average molecular weight is 231 g/mol. The number of fused-ring (bicyclic) bond motifs is 2. The molecule has 1 N–H and O–H groups in total. The minimum atomic E-state index is 0.00455. The second kappa shape index (κ2) is 3.22. The summed E-state index contributed by atoms with van der Waals surface area (Å²) in [5.74, 6) is 0. The Hall–Kier alpha value is -1.58. The van der Waals surface area contributed by atoms with Crippen LogP contribution in [0.3, 0.4) is 0 Å². The van der Waals surface area contributed by atoms with Gasteiger partial charge < -0.3 is 0 Å². The Bertz CT molecular complexity index is 643. The van der Waals surface area contributed by atoms with E-state index in [1.165, 1.54) is 0 Å². The predicted octanol–water partition coefficient (Wildman–Crippen LogP) is 1.81. The highest BCUT2D eigenvalue weighted by atomic mass is 16.1. The van der Waals surface area contributed by atoms with Crippen molar-refractivity contribution in [3.63, 3.8) is 0 Å². The van der Waals surface area contributed by atoms with Crippen molar-refractivity contribution in [1.29, 1.82) is 0 Å². The Morgan fingerprint density at radius 1 is 1.35 bits per heavy atom. The molecule has 0 fully saturated rings. The van der Waals surface area contributed by atoms with Crippen LogP contribution in [0.4, 0.5) is 0 Å². The fourth-order valence-electron chi connectivity index (χ4n) is 2.38. The van der Waals surface area contributed by atoms with Crippen molar-refractivity contribution >= 4 is 5.65 Å². The first-order valence-corrected chi connectivity index (χ1v) is 6.11. The van der Waals surface area contributed by atoms with Gasteiger partial charge in [0.2, 0.25) is 0 Å². The van der Waals surface area contributed by atoms with Gasteiger partial charge >= 0.3 is 0 Å². The van der Waals surface area contributed by atoms with E-state index >= 15 is 0 Å². The standard InChI is InChI=1S/C13H17N3O/c1-13(2,3)10-7-11-14-9-6-4-5-8(9)12(17)16(11)15-10/h7,15H,4-6H2,1-3H3. The number of nitrogens with one attached hydrogen (secondary N) is 1. The number of aromatic amines is 1. The van der Waals surface area contributed by atoms with Gasteiger partial charge in [0.25, 0.3) is 5.56 Å². The summed E-state index contributed by atoms with van der Waals surface area (Å²) in [6, 6.07) is 1.99. The zero-order valence-corrected chi connectivity index (χ0v) is 10.5. The summed E-state index contributed by atoms with van der Waals surface area (Å²) in [6.45, 7) is 6.36. The molecule has 0 saturated heterocycles. The summed E-state index contributed by atoms with van der Waals surface area (Å²) >= 11 is 0. The molecule has 2 heterocycles. The lowest BCUT2D eigenvalue weighted by Crippen LogP contribution is -2.21. The summed E-state index contributed by atoms with van der Waals surface area (Å²) < 4.78 is 1.59. The topological polar surface area (TPSA) is 50.2 Å². The van der Waals surface area contributed by atoms with E-state index < -0.39 is 0 Å². The van der Waals surface area contributed by atoms with E-state index in [0.717, 1.165) is 41.9 Å². The summed E-state index contributed by atoms with van der Waals surface area (Å²) in [6.07, 6.45) is 2.86. The molecule has 0 saturated carbocycles. The van der Waals surface area contributed by atoms with E-state index in [0.29, 0.717) is 0 Å². The molecular weight excluding hydrogens is 214 g/mol. The molecule has 0 radical (unpaired) electrons. The van der Waals surface area contributed by atoms with Crippen LogP contribution in [0, 0.1) is 0 Å². The SMILES string of the molecule is CC(C)(C)c1cc2nc3c(c(=O)n2[nH]1)CCC3. The minimum absolute atomic E-state index is 0.00455. The lowest BCUT2D eigenvalue weighted by atomic mass is 9.93. The highest BCUT2D eigenvalue weighted by molar-refractivity contribution is 5.44. The van der Waals surface area contributed by atoms with Crippen LogP contribution in [-0.2, 0) is 18.3 Å². The highest BCUT2D eigenvalue weighted by Gasteiger charge is 2.22. The second-order valence-corrected chi connectivity index (χ2v) is 5.81. The molecule has 1 aliphatic carbocycles. The molecule has 1 aliphatic rings. The molecule has 17 heavy (non-hydrogen) atoms. The van der Waals surface area contributed by atoms with Crippen molar-refractivity contribution in [2.75, 3.05) is 0 Å². The summed E-state index contributed by atoms with van der Waals surface area (Å²) in [7, 11) is 0. The molecule has 90 valence electrons. The number of hydrogen-bond acceptors (Lipinski definition) is 2. The van der Waals surface area contributed by atoms with E-state index in [4.69, 9.17) is 0 Å². The van der Waals surface area contributed by atoms with E-state index in [-0.39, 0.29) is 11.0 Å². The fourth-order valence-corrected chi connectivity index (χ4v) is 2.38. The maximum absolute atomic E-state index is 12.3. The van der Waals surface area contributed by atoms with Crippen molar-refractivity contribution in [2.45, 2.75) is 45.4 Å². The molecule has 0 aliphatic heterocycles. The third-order valence-corrected chi connectivity index (χ3v) is 3.44. The quantitative estimate of drug-likeness (QED) is 0.751. The monoisotopic (exact) mass is 231 g/mol. The first-order valence-electron chi connectivity index (χ1n) is 6.11. The summed E-state index contributed by atoms with van der Waals surface area (Å²) in [4.78, 5) is 16.8. The van der Waals surface area contributed by atoms with E-state index in [1.807, 2.05) is 6.07 Å². The van der Waals surface area contributed by atoms with Gasteiger partial charge in [-0.1, -0.05) is 20.8 Å². The molecule has 0 amide bonds. The van der Waals surface area contributed by atoms with Gasteiger partial charge in [0.05, 0.1) is 5.69 Å². The molecule has 0 spiro atoms. The zero-order valence-electron chi connectivity index (χ0n) is 10.5. The van der Waals surface area contributed by atoms with Crippen molar-refractivity contribution in [1.82, 2.24) is 14.6 Å². The molecule has 2 aromatic heterocycles. The molecule has 2 aromatic rings. The Morgan fingerprint density at radius 3 is 2.82 bits per heavy atom. The zero-order chi connectivity index (χ0) is 12.2. The van der Waals surface area contributed by atoms with Gasteiger partial charge in [-0.3, -0.25) is 9.89 Å². The van der Waals surface area contributed by atoms with E-state index in [1.54, 1.807) is 4.52 Å². The molecule has 0 atom stereocenters. The number of nitrogens with zero attached hydrogens (tertiary/aromatic N) is 2. The van der Waals surface area contributed by atoms with Crippen molar-refractivity contribution < 1.29 is 0 Å². The van der Waals surface area contributed by atoms with Gasteiger partial charge in [0.1, 0.15) is 0 Å². The molecule has 4 nitrogen and oxygen atoms in total. The largest absolute Gasteiger partial charge is 0.293 e. The van der Waals surface area contributed by atoms with Crippen LogP contribution in [0.2, 0.25) is 0 Å². The molecule has 4 heteroatoms. The van der Waals surface area contributed by atoms with Gasteiger partial charge in [-0.25, -0.2) is 9.50 Å². The van der Waals surface area contributed by atoms with Crippen molar-refractivity contribution in [2.24, 2.45) is 0 Å². The lowest BCUT2D eigenvalue weighted by molar-refractivity contribution is 0.561. The first-order chi connectivity index (χ1) is 7.97.